The number of piperidine rings is 1. The van der Waals surface area contributed by atoms with Crippen LogP contribution in [-0.4, -0.2) is 63.4 Å². The van der Waals surface area contributed by atoms with Gasteiger partial charge in [0.25, 0.3) is 0 Å². The molecule has 1 atom stereocenters. The van der Waals surface area contributed by atoms with Crippen molar-refractivity contribution in [2.75, 3.05) is 39.8 Å². The van der Waals surface area contributed by atoms with E-state index in [0.717, 1.165) is 44.5 Å². The standard InChI is InChI=1S/C31H38N2O4S.ClH/c1-3-37-31(34)28-14-10-13-27(23-28)29(24-32(2)38(35,36)30-15-8-5-9-16-30)19-22-33-20-17-26(18-21-33)25-11-6-4-7-12-25;/h4-16,23,26,29H,3,17-22,24H2,1-2H3;1H. The molecule has 1 fully saturated rings. The summed E-state index contributed by atoms with van der Waals surface area (Å²) < 4.78 is 33.2. The molecule has 0 amide bonds. The number of ether oxygens (including phenoxy) is 1. The molecule has 8 heteroatoms. The smallest absolute Gasteiger partial charge is 0.338 e. The molecular formula is C31H39ClN2O4S. The van der Waals surface area contributed by atoms with Gasteiger partial charge in [-0.1, -0.05) is 60.7 Å². The number of nitrogens with zero attached hydrogens (tertiary/aromatic N) is 2. The molecule has 0 spiro atoms. The fourth-order valence-electron chi connectivity index (χ4n) is 5.23. The van der Waals surface area contributed by atoms with E-state index in [4.69, 9.17) is 4.74 Å². The largest absolute Gasteiger partial charge is 0.462 e. The van der Waals surface area contributed by atoms with E-state index in [-0.39, 0.29) is 29.2 Å². The van der Waals surface area contributed by atoms with E-state index in [9.17, 15) is 13.2 Å². The molecule has 6 nitrogen and oxygen atoms in total. The van der Waals surface area contributed by atoms with Gasteiger partial charge in [0, 0.05) is 13.6 Å². The fourth-order valence-corrected chi connectivity index (χ4v) is 6.47. The zero-order chi connectivity index (χ0) is 27.0. The van der Waals surface area contributed by atoms with E-state index in [1.807, 2.05) is 24.3 Å². The van der Waals surface area contributed by atoms with Crippen LogP contribution in [0.1, 0.15) is 59.5 Å². The lowest BCUT2D eigenvalue weighted by atomic mass is 9.89. The molecule has 1 aliphatic rings. The predicted octanol–water partition coefficient (Wildman–Crippen LogP) is 5.96. The number of carbonyl (C=O) groups is 1. The molecule has 0 radical (unpaired) electrons. The van der Waals surface area contributed by atoms with Crippen molar-refractivity contribution in [1.29, 1.82) is 0 Å². The molecule has 0 bridgehead atoms. The SMILES string of the molecule is CCOC(=O)c1cccc(C(CCN2CCC(c3ccccc3)CC2)CN(C)S(=O)(=O)c2ccccc2)c1.Cl. The fraction of sp³-hybridized carbons (Fsp3) is 0.387. The van der Waals surface area contributed by atoms with Gasteiger partial charge in [-0.15, -0.1) is 12.4 Å². The molecule has 0 saturated carbocycles. The van der Waals surface area contributed by atoms with Gasteiger partial charge in [-0.05, 0) is 93.0 Å². The van der Waals surface area contributed by atoms with Crippen LogP contribution in [-0.2, 0) is 14.8 Å². The number of sulfonamides is 1. The average molecular weight is 571 g/mol. The molecule has 0 aliphatic carbocycles. The number of rotatable bonds is 11. The summed E-state index contributed by atoms with van der Waals surface area (Å²) in [5.41, 5.74) is 2.85. The average Bonchev–Trinajstić information content (AvgIpc) is 2.96. The zero-order valence-corrected chi connectivity index (χ0v) is 24.4. The maximum Gasteiger partial charge on any atom is 0.338 e. The highest BCUT2D eigenvalue weighted by molar-refractivity contribution is 7.89. The lowest BCUT2D eigenvalue weighted by molar-refractivity contribution is 0.0526. The van der Waals surface area contributed by atoms with Crippen LogP contribution in [0.5, 0.6) is 0 Å². The lowest BCUT2D eigenvalue weighted by Gasteiger charge is -2.33. The Hall–Kier alpha value is -2.71. The van der Waals surface area contributed by atoms with Crippen molar-refractivity contribution in [3.05, 3.63) is 102 Å². The molecular weight excluding hydrogens is 532 g/mol. The van der Waals surface area contributed by atoms with E-state index in [1.54, 1.807) is 44.3 Å². The van der Waals surface area contributed by atoms with Gasteiger partial charge in [0.15, 0.2) is 0 Å². The minimum atomic E-state index is -3.63. The van der Waals surface area contributed by atoms with Crippen LogP contribution in [0.4, 0.5) is 0 Å². The topological polar surface area (TPSA) is 66.9 Å². The monoisotopic (exact) mass is 570 g/mol. The van der Waals surface area contributed by atoms with Crippen LogP contribution < -0.4 is 0 Å². The molecule has 1 saturated heterocycles. The van der Waals surface area contributed by atoms with E-state index >= 15 is 0 Å². The minimum Gasteiger partial charge on any atom is -0.462 e. The van der Waals surface area contributed by atoms with Crippen molar-refractivity contribution in [3.63, 3.8) is 0 Å². The molecule has 0 aromatic heterocycles. The summed E-state index contributed by atoms with van der Waals surface area (Å²) in [6.07, 6.45) is 3.03. The third-order valence-electron chi connectivity index (χ3n) is 7.45. The molecule has 3 aromatic rings. The van der Waals surface area contributed by atoms with Gasteiger partial charge in [0.05, 0.1) is 17.1 Å². The quantitative estimate of drug-likeness (QED) is 0.266. The Morgan fingerprint density at radius 1 is 0.974 bits per heavy atom. The van der Waals surface area contributed by atoms with Crippen LogP contribution >= 0.6 is 12.4 Å². The first-order chi connectivity index (χ1) is 18.4. The Kier molecular flexibility index (Phi) is 11.5. The summed E-state index contributed by atoms with van der Waals surface area (Å²) >= 11 is 0. The third-order valence-corrected chi connectivity index (χ3v) is 9.29. The van der Waals surface area contributed by atoms with Crippen LogP contribution in [0.15, 0.2) is 89.8 Å². The van der Waals surface area contributed by atoms with Gasteiger partial charge in [-0.2, -0.15) is 0 Å². The first-order valence-electron chi connectivity index (χ1n) is 13.4. The van der Waals surface area contributed by atoms with Crippen LogP contribution in [0.25, 0.3) is 0 Å². The Labute approximate surface area is 239 Å². The number of carbonyl (C=O) groups excluding carboxylic acids is 1. The molecule has 1 aliphatic heterocycles. The van der Waals surface area contributed by atoms with Gasteiger partial charge in [0.2, 0.25) is 10.0 Å². The first kappa shape index (κ1) is 30.8. The molecule has 1 heterocycles. The van der Waals surface area contributed by atoms with Crippen LogP contribution in [0.2, 0.25) is 0 Å². The lowest BCUT2D eigenvalue weighted by Crippen LogP contribution is -2.36. The van der Waals surface area contributed by atoms with Crippen molar-refractivity contribution in [3.8, 4) is 0 Å². The normalized spacial score (nSPS) is 15.5. The molecule has 1 unspecified atom stereocenters. The van der Waals surface area contributed by atoms with Crippen molar-refractivity contribution in [1.82, 2.24) is 9.21 Å². The summed E-state index contributed by atoms with van der Waals surface area (Å²) in [6, 6.07) is 26.7. The highest BCUT2D eigenvalue weighted by Crippen LogP contribution is 2.30. The van der Waals surface area contributed by atoms with Crippen molar-refractivity contribution in [2.24, 2.45) is 0 Å². The summed E-state index contributed by atoms with van der Waals surface area (Å²) in [5, 5.41) is 0. The second-order valence-corrected chi connectivity index (χ2v) is 12.0. The highest BCUT2D eigenvalue weighted by atomic mass is 35.5. The van der Waals surface area contributed by atoms with E-state index in [1.165, 1.54) is 9.87 Å². The second kappa shape index (κ2) is 14.6. The molecule has 210 valence electrons. The highest BCUT2D eigenvalue weighted by Gasteiger charge is 2.27. The zero-order valence-electron chi connectivity index (χ0n) is 22.7. The maximum absolute atomic E-state index is 13.3. The molecule has 39 heavy (non-hydrogen) atoms. The number of likely N-dealkylation sites (N-methyl/N-ethyl adjacent to an activating group) is 1. The summed E-state index contributed by atoms with van der Waals surface area (Å²) in [5.74, 6) is 0.160. The van der Waals surface area contributed by atoms with E-state index < -0.39 is 10.0 Å². The number of likely N-dealkylation sites (tertiary alicyclic amines) is 1. The van der Waals surface area contributed by atoms with Crippen LogP contribution in [0, 0.1) is 0 Å². The predicted molar refractivity (Wildman–Crippen MR) is 158 cm³/mol. The van der Waals surface area contributed by atoms with Gasteiger partial charge in [0.1, 0.15) is 0 Å². The summed E-state index contributed by atoms with van der Waals surface area (Å²) in [4.78, 5) is 15.2. The van der Waals surface area contributed by atoms with E-state index in [0.29, 0.717) is 24.6 Å². The number of hydrogen-bond acceptors (Lipinski definition) is 5. The van der Waals surface area contributed by atoms with Crippen LogP contribution in [0.3, 0.4) is 0 Å². The Morgan fingerprint density at radius 3 is 2.26 bits per heavy atom. The van der Waals surface area contributed by atoms with Crippen molar-refractivity contribution in [2.45, 2.75) is 42.9 Å². The minimum absolute atomic E-state index is 0. The Balaban J connectivity index is 0.00000420. The van der Waals surface area contributed by atoms with Crippen molar-refractivity contribution < 1.29 is 17.9 Å². The second-order valence-electron chi connectivity index (χ2n) is 9.96. The molecule has 3 aromatic carbocycles. The number of esters is 1. The number of halogens is 1. The Bertz CT molecular complexity index is 1280. The summed E-state index contributed by atoms with van der Waals surface area (Å²) in [6.45, 7) is 5.33. The maximum atomic E-state index is 13.3. The third kappa shape index (κ3) is 8.15. The van der Waals surface area contributed by atoms with Gasteiger partial charge < -0.3 is 9.64 Å². The summed E-state index contributed by atoms with van der Waals surface area (Å²) in [7, 11) is -2.00. The molecule has 0 N–H and O–H groups in total. The molecule has 4 rings (SSSR count). The Morgan fingerprint density at radius 2 is 1.62 bits per heavy atom. The number of benzene rings is 3. The van der Waals surface area contributed by atoms with Crippen molar-refractivity contribution >= 4 is 28.4 Å². The van der Waals surface area contributed by atoms with E-state index in [2.05, 4.69) is 35.2 Å². The first-order valence-corrected chi connectivity index (χ1v) is 14.9. The number of hydrogen-bond donors (Lipinski definition) is 0. The van der Waals surface area contributed by atoms with Gasteiger partial charge in [-0.3, -0.25) is 0 Å². The van der Waals surface area contributed by atoms with Gasteiger partial charge >= 0.3 is 5.97 Å². The van der Waals surface area contributed by atoms with Gasteiger partial charge in [-0.25, -0.2) is 17.5 Å².